The van der Waals surface area contributed by atoms with Crippen LogP contribution in [-0.2, 0) is 17.1 Å². The smallest absolute Gasteiger partial charge is 0.247 e. The SMILES string of the molecule is Cc1nn(C)c(C)c1S(=O)(=O)N1CCNCC1c1cccc(F)c1. The summed E-state index contributed by atoms with van der Waals surface area (Å²) in [5.74, 6) is -0.371. The van der Waals surface area contributed by atoms with E-state index in [2.05, 4.69) is 10.4 Å². The van der Waals surface area contributed by atoms with Crippen molar-refractivity contribution in [2.75, 3.05) is 19.6 Å². The van der Waals surface area contributed by atoms with Crippen LogP contribution >= 0.6 is 0 Å². The Morgan fingerprint density at radius 2 is 2.08 bits per heavy atom. The largest absolute Gasteiger partial charge is 0.313 e. The van der Waals surface area contributed by atoms with Gasteiger partial charge in [0.15, 0.2) is 0 Å². The maximum Gasteiger partial charge on any atom is 0.247 e. The van der Waals surface area contributed by atoms with E-state index in [0.29, 0.717) is 36.6 Å². The summed E-state index contributed by atoms with van der Waals surface area (Å²) < 4.78 is 43.1. The van der Waals surface area contributed by atoms with E-state index in [-0.39, 0.29) is 10.7 Å². The molecule has 6 nitrogen and oxygen atoms in total. The minimum absolute atomic E-state index is 0.244. The Balaban J connectivity index is 2.07. The van der Waals surface area contributed by atoms with Crippen molar-refractivity contribution in [3.05, 3.63) is 47.0 Å². The van der Waals surface area contributed by atoms with Crippen LogP contribution in [-0.4, -0.2) is 42.1 Å². The first-order valence-electron chi connectivity index (χ1n) is 7.80. The van der Waals surface area contributed by atoms with Gasteiger partial charge in [-0.3, -0.25) is 4.68 Å². The molecule has 1 aliphatic rings. The summed E-state index contributed by atoms with van der Waals surface area (Å²) in [5, 5.41) is 7.41. The number of rotatable bonds is 3. The Morgan fingerprint density at radius 3 is 2.71 bits per heavy atom. The van der Waals surface area contributed by atoms with Crippen molar-refractivity contribution in [3.63, 3.8) is 0 Å². The number of aryl methyl sites for hydroxylation is 2. The van der Waals surface area contributed by atoms with E-state index in [1.165, 1.54) is 16.4 Å². The van der Waals surface area contributed by atoms with Crippen LogP contribution in [0.4, 0.5) is 4.39 Å². The molecule has 1 unspecified atom stereocenters. The summed E-state index contributed by atoms with van der Waals surface area (Å²) in [6.07, 6.45) is 0. The number of halogens is 1. The molecular weight excluding hydrogens is 331 g/mol. The second-order valence-electron chi connectivity index (χ2n) is 6.01. The monoisotopic (exact) mass is 352 g/mol. The molecule has 2 aromatic rings. The summed E-state index contributed by atoms with van der Waals surface area (Å²) in [5.41, 5.74) is 1.72. The minimum Gasteiger partial charge on any atom is -0.313 e. The molecule has 3 rings (SSSR count). The lowest BCUT2D eigenvalue weighted by Crippen LogP contribution is -2.48. The van der Waals surface area contributed by atoms with Gasteiger partial charge in [-0.2, -0.15) is 9.40 Å². The zero-order valence-electron chi connectivity index (χ0n) is 14.0. The molecule has 1 fully saturated rings. The molecule has 24 heavy (non-hydrogen) atoms. The zero-order valence-corrected chi connectivity index (χ0v) is 14.8. The molecule has 0 amide bonds. The van der Waals surface area contributed by atoms with Crippen molar-refractivity contribution in [2.45, 2.75) is 24.8 Å². The molecule has 8 heteroatoms. The van der Waals surface area contributed by atoms with Gasteiger partial charge in [0.1, 0.15) is 10.7 Å². The number of hydrogen-bond donors (Lipinski definition) is 1. The topological polar surface area (TPSA) is 67.2 Å². The number of hydrogen-bond acceptors (Lipinski definition) is 4. The molecule has 130 valence electrons. The summed E-state index contributed by atoms with van der Waals surface area (Å²) >= 11 is 0. The first-order chi connectivity index (χ1) is 11.3. The molecule has 1 atom stereocenters. The second-order valence-corrected chi connectivity index (χ2v) is 7.84. The van der Waals surface area contributed by atoms with Crippen molar-refractivity contribution in [3.8, 4) is 0 Å². The lowest BCUT2D eigenvalue weighted by molar-refractivity contribution is 0.270. The highest BCUT2D eigenvalue weighted by Crippen LogP contribution is 2.31. The maximum atomic E-state index is 13.6. The molecule has 1 aromatic heterocycles. The van der Waals surface area contributed by atoms with E-state index in [9.17, 15) is 12.8 Å². The van der Waals surface area contributed by atoms with Gasteiger partial charge in [0.05, 0.1) is 17.4 Å². The molecule has 0 saturated carbocycles. The summed E-state index contributed by atoms with van der Waals surface area (Å²) in [7, 11) is -2.00. The Kier molecular flexibility index (Phi) is 4.46. The van der Waals surface area contributed by atoms with E-state index >= 15 is 0 Å². The molecule has 0 radical (unpaired) electrons. The standard InChI is InChI=1S/C16H21FN4O2S/c1-11-16(12(2)20(3)19-11)24(22,23)21-8-7-18-10-15(21)13-5-4-6-14(17)9-13/h4-6,9,15,18H,7-8,10H2,1-3H3. The lowest BCUT2D eigenvalue weighted by Gasteiger charge is -2.35. The first-order valence-corrected chi connectivity index (χ1v) is 9.24. The average molecular weight is 352 g/mol. The molecule has 1 saturated heterocycles. The first kappa shape index (κ1) is 17.1. The normalized spacial score (nSPS) is 19.6. The highest BCUT2D eigenvalue weighted by molar-refractivity contribution is 7.89. The van der Waals surface area contributed by atoms with E-state index in [1.807, 2.05) is 0 Å². The van der Waals surface area contributed by atoms with Crippen molar-refractivity contribution in [1.29, 1.82) is 0 Å². The fourth-order valence-corrected chi connectivity index (χ4v) is 5.23. The number of sulfonamides is 1. The lowest BCUT2D eigenvalue weighted by atomic mass is 10.1. The van der Waals surface area contributed by atoms with Gasteiger partial charge in [-0.15, -0.1) is 0 Å². The van der Waals surface area contributed by atoms with Crippen LogP contribution in [0.1, 0.15) is 23.0 Å². The van der Waals surface area contributed by atoms with Crippen LogP contribution < -0.4 is 5.32 Å². The fraction of sp³-hybridized carbons (Fsp3) is 0.438. The van der Waals surface area contributed by atoms with E-state index < -0.39 is 16.1 Å². The van der Waals surface area contributed by atoms with Gasteiger partial charge >= 0.3 is 0 Å². The van der Waals surface area contributed by atoms with Gasteiger partial charge in [-0.25, -0.2) is 12.8 Å². The number of benzene rings is 1. The van der Waals surface area contributed by atoms with Crippen LogP contribution in [0.5, 0.6) is 0 Å². The quantitative estimate of drug-likeness (QED) is 0.909. The maximum absolute atomic E-state index is 13.6. The molecule has 0 aliphatic carbocycles. The van der Waals surface area contributed by atoms with Crippen molar-refractivity contribution in [1.82, 2.24) is 19.4 Å². The molecule has 0 spiro atoms. The molecule has 0 bridgehead atoms. The average Bonchev–Trinajstić information content (AvgIpc) is 2.80. The molecule has 2 heterocycles. The predicted molar refractivity (Wildman–Crippen MR) is 88.6 cm³/mol. The Labute approximate surface area is 141 Å². The van der Waals surface area contributed by atoms with Crippen LogP contribution in [0.15, 0.2) is 29.2 Å². The number of nitrogens with zero attached hydrogens (tertiary/aromatic N) is 3. The van der Waals surface area contributed by atoms with E-state index in [4.69, 9.17) is 0 Å². The third kappa shape index (κ3) is 2.85. The number of nitrogens with one attached hydrogen (secondary N) is 1. The van der Waals surface area contributed by atoms with Crippen LogP contribution in [0.3, 0.4) is 0 Å². The van der Waals surface area contributed by atoms with E-state index in [0.717, 1.165) is 0 Å². The second kappa shape index (κ2) is 6.27. The van der Waals surface area contributed by atoms with Gasteiger partial charge in [0.2, 0.25) is 10.0 Å². The third-order valence-corrected chi connectivity index (χ3v) is 6.60. The minimum atomic E-state index is -3.73. The van der Waals surface area contributed by atoms with Crippen LogP contribution in [0.25, 0.3) is 0 Å². The van der Waals surface area contributed by atoms with Gasteiger partial charge in [0, 0.05) is 26.7 Å². The summed E-state index contributed by atoms with van der Waals surface area (Å²) in [6.45, 7) is 4.77. The molecule has 1 aliphatic heterocycles. The van der Waals surface area contributed by atoms with Crippen LogP contribution in [0.2, 0.25) is 0 Å². The van der Waals surface area contributed by atoms with Gasteiger partial charge in [-0.05, 0) is 31.5 Å². The number of aromatic nitrogens is 2. The van der Waals surface area contributed by atoms with Gasteiger partial charge in [-0.1, -0.05) is 12.1 Å². The van der Waals surface area contributed by atoms with Gasteiger partial charge < -0.3 is 5.32 Å². The summed E-state index contributed by atoms with van der Waals surface area (Å²) in [4.78, 5) is 0.244. The Bertz CT molecular complexity index is 863. The Morgan fingerprint density at radius 1 is 1.33 bits per heavy atom. The fourth-order valence-electron chi connectivity index (χ4n) is 3.22. The van der Waals surface area contributed by atoms with E-state index in [1.54, 1.807) is 37.7 Å². The number of piperazine rings is 1. The molecular formula is C16H21FN4O2S. The predicted octanol–water partition coefficient (Wildman–Crippen LogP) is 1.51. The van der Waals surface area contributed by atoms with Crippen LogP contribution in [0, 0.1) is 19.7 Å². The molecule has 1 aromatic carbocycles. The third-order valence-electron chi connectivity index (χ3n) is 4.44. The van der Waals surface area contributed by atoms with Crippen molar-refractivity contribution in [2.24, 2.45) is 7.05 Å². The van der Waals surface area contributed by atoms with Crippen molar-refractivity contribution < 1.29 is 12.8 Å². The zero-order chi connectivity index (χ0) is 17.5. The highest BCUT2D eigenvalue weighted by atomic mass is 32.2. The van der Waals surface area contributed by atoms with Crippen molar-refractivity contribution >= 4 is 10.0 Å². The summed E-state index contributed by atoms with van der Waals surface area (Å²) in [6, 6.07) is 5.66. The Hall–Kier alpha value is -1.77. The van der Waals surface area contributed by atoms with Gasteiger partial charge in [0.25, 0.3) is 0 Å². The molecule has 1 N–H and O–H groups in total. The highest BCUT2D eigenvalue weighted by Gasteiger charge is 2.37.